The van der Waals surface area contributed by atoms with E-state index >= 15 is 0 Å². The molecule has 0 fully saturated rings. The number of rotatable bonds is 5. The van der Waals surface area contributed by atoms with Gasteiger partial charge in [-0.1, -0.05) is 17.7 Å². The highest BCUT2D eigenvalue weighted by Crippen LogP contribution is 2.33. The van der Waals surface area contributed by atoms with E-state index in [-0.39, 0.29) is 5.82 Å². The van der Waals surface area contributed by atoms with Gasteiger partial charge in [0.2, 0.25) is 0 Å². The molecule has 2 rings (SSSR count). The maximum absolute atomic E-state index is 13.7. The Hall–Kier alpha value is -1.39. The van der Waals surface area contributed by atoms with Crippen LogP contribution in [0.4, 0.5) is 10.1 Å². The van der Waals surface area contributed by atoms with Crippen molar-refractivity contribution in [3.63, 3.8) is 0 Å². The largest absolute Gasteiger partial charge is 0.494 e. The molecule has 0 bridgehead atoms. The smallest absolute Gasteiger partial charge is 0.128 e. The van der Waals surface area contributed by atoms with Crippen LogP contribution in [0.25, 0.3) is 0 Å². The van der Waals surface area contributed by atoms with Crippen molar-refractivity contribution < 1.29 is 9.13 Å². The molecule has 2 N–H and O–H groups in total. The summed E-state index contributed by atoms with van der Waals surface area (Å²) in [5.41, 5.74) is 7.05. The molecule has 0 radical (unpaired) electrons. The molecule has 0 saturated heterocycles. The van der Waals surface area contributed by atoms with Gasteiger partial charge in [-0.3, -0.25) is 0 Å². The van der Waals surface area contributed by atoms with Gasteiger partial charge in [0.05, 0.1) is 6.61 Å². The molecule has 20 heavy (non-hydrogen) atoms. The van der Waals surface area contributed by atoms with Crippen LogP contribution in [0.5, 0.6) is 5.75 Å². The van der Waals surface area contributed by atoms with Gasteiger partial charge in [0.15, 0.2) is 0 Å². The molecule has 5 heteroatoms. The number of halogens is 2. The molecule has 2 aromatic rings. The van der Waals surface area contributed by atoms with E-state index < -0.39 is 0 Å². The van der Waals surface area contributed by atoms with E-state index in [2.05, 4.69) is 0 Å². The summed E-state index contributed by atoms with van der Waals surface area (Å²) in [7, 11) is 0. The zero-order valence-corrected chi connectivity index (χ0v) is 12.6. The molecule has 0 heterocycles. The Morgan fingerprint density at radius 3 is 2.80 bits per heavy atom. The topological polar surface area (TPSA) is 35.2 Å². The van der Waals surface area contributed by atoms with E-state index in [4.69, 9.17) is 22.1 Å². The van der Waals surface area contributed by atoms with Crippen LogP contribution in [0.2, 0.25) is 5.02 Å². The maximum atomic E-state index is 13.7. The predicted octanol–water partition coefficient (Wildman–Crippen LogP) is 4.75. The normalized spacial score (nSPS) is 10.6. The average Bonchev–Trinajstić information content (AvgIpc) is 2.42. The zero-order chi connectivity index (χ0) is 14.5. The van der Waals surface area contributed by atoms with Crippen LogP contribution in [0.15, 0.2) is 41.3 Å². The van der Waals surface area contributed by atoms with Crippen molar-refractivity contribution in [1.82, 2.24) is 0 Å². The Bertz CT molecular complexity index is 586. The molecule has 0 aliphatic heterocycles. The van der Waals surface area contributed by atoms with E-state index in [9.17, 15) is 4.39 Å². The highest BCUT2D eigenvalue weighted by atomic mass is 35.5. The summed E-state index contributed by atoms with van der Waals surface area (Å²) in [6.07, 6.45) is 0. The van der Waals surface area contributed by atoms with Gasteiger partial charge in [0.1, 0.15) is 11.6 Å². The summed E-state index contributed by atoms with van der Waals surface area (Å²) in [4.78, 5) is 0.857. The second-order valence-corrected chi connectivity index (χ2v) is 5.55. The van der Waals surface area contributed by atoms with Gasteiger partial charge in [-0.2, -0.15) is 0 Å². The minimum atomic E-state index is -0.301. The van der Waals surface area contributed by atoms with Crippen molar-refractivity contribution >= 4 is 29.1 Å². The Morgan fingerprint density at radius 2 is 2.10 bits per heavy atom. The van der Waals surface area contributed by atoms with Gasteiger partial charge in [0.25, 0.3) is 0 Å². The third-order valence-corrected chi connectivity index (χ3v) is 4.18. The first-order valence-electron chi connectivity index (χ1n) is 6.19. The third kappa shape index (κ3) is 3.58. The van der Waals surface area contributed by atoms with Gasteiger partial charge >= 0.3 is 0 Å². The lowest BCUT2D eigenvalue weighted by atomic mass is 10.2. The summed E-state index contributed by atoms with van der Waals surface area (Å²) in [6, 6.07) is 10.1. The number of nitrogens with two attached hydrogens (primary N) is 1. The molecule has 0 aliphatic rings. The molecular formula is C15H15ClFNOS. The van der Waals surface area contributed by atoms with Crippen molar-refractivity contribution in [3.05, 3.63) is 52.8 Å². The molecule has 0 saturated carbocycles. The standard InChI is InChI=1S/C15H15ClFNOS/c1-2-19-10-6-7-14(18)15(8-10)20-9-11-12(16)4-3-5-13(11)17/h3-8H,2,9,18H2,1H3. The fourth-order valence-corrected chi connectivity index (χ4v) is 3.05. The minimum absolute atomic E-state index is 0.301. The molecule has 0 atom stereocenters. The number of ether oxygens (including phenoxy) is 1. The van der Waals surface area contributed by atoms with Gasteiger partial charge in [-0.05, 0) is 37.3 Å². The van der Waals surface area contributed by atoms with Crippen LogP contribution >= 0.6 is 23.4 Å². The van der Waals surface area contributed by atoms with Crippen LogP contribution in [0.3, 0.4) is 0 Å². The number of hydrogen-bond donors (Lipinski definition) is 1. The fraction of sp³-hybridized carbons (Fsp3) is 0.200. The highest BCUT2D eigenvalue weighted by molar-refractivity contribution is 7.98. The Balaban J connectivity index is 2.16. The predicted molar refractivity (Wildman–Crippen MR) is 83.0 cm³/mol. The summed E-state index contributed by atoms with van der Waals surface area (Å²) < 4.78 is 19.1. The SMILES string of the molecule is CCOc1ccc(N)c(SCc2c(F)cccc2Cl)c1. The van der Waals surface area contributed by atoms with Gasteiger partial charge in [0, 0.05) is 26.9 Å². The molecule has 2 aromatic carbocycles. The number of benzene rings is 2. The first-order chi connectivity index (χ1) is 9.61. The van der Waals surface area contributed by atoms with Crippen LogP contribution in [-0.4, -0.2) is 6.61 Å². The summed E-state index contributed by atoms with van der Waals surface area (Å²) in [6.45, 7) is 2.51. The first-order valence-corrected chi connectivity index (χ1v) is 7.56. The van der Waals surface area contributed by atoms with E-state index in [1.54, 1.807) is 18.2 Å². The van der Waals surface area contributed by atoms with Crippen molar-refractivity contribution in [2.24, 2.45) is 0 Å². The molecule has 0 aromatic heterocycles. The second kappa shape index (κ2) is 6.86. The lowest BCUT2D eigenvalue weighted by molar-refractivity contribution is 0.339. The molecular weight excluding hydrogens is 297 g/mol. The Kier molecular flexibility index (Phi) is 5.15. The van der Waals surface area contributed by atoms with Crippen molar-refractivity contribution in [2.75, 3.05) is 12.3 Å². The van der Waals surface area contributed by atoms with Gasteiger partial charge in [-0.15, -0.1) is 11.8 Å². The Morgan fingerprint density at radius 1 is 1.30 bits per heavy atom. The maximum Gasteiger partial charge on any atom is 0.128 e. The van der Waals surface area contributed by atoms with E-state index in [1.165, 1.54) is 17.8 Å². The van der Waals surface area contributed by atoms with Crippen molar-refractivity contribution in [2.45, 2.75) is 17.6 Å². The quantitative estimate of drug-likeness (QED) is 0.639. The number of nitrogen functional groups attached to an aromatic ring is 1. The van der Waals surface area contributed by atoms with Gasteiger partial charge in [-0.25, -0.2) is 4.39 Å². The molecule has 0 amide bonds. The van der Waals surface area contributed by atoms with Crippen LogP contribution < -0.4 is 10.5 Å². The van der Waals surface area contributed by atoms with E-state index in [0.717, 1.165) is 10.6 Å². The minimum Gasteiger partial charge on any atom is -0.494 e. The van der Waals surface area contributed by atoms with Crippen LogP contribution in [0, 0.1) is 5.82 Å². The monoisotopic (exact) mass is 311 g/mol. The van der Waals surface area contributed by atoms with Crippen molar-refractivity contribution in [1.29, 1.82) is 0 Å². The summed E-state index contributed by atoms with van der Waals surface area (Å²) in [5, 5.41) is 0.428. The zero-order valence-electron chi connectivity index (χ0n) is 11.0. The average molecular weight is 312 g/mol. The lowest BCUT2D eigenvalue weighted by Gasteiger charge is -2.10. The van der Waals surface area contributed by atoms with Crippen LogP contribution in [0.1, 0.15) is 12.5 Å². The third-order valence-electron chi connectivity index (χ3n) is 2.73. The Labute approximate surface area is 127 Å². The molecule has 0 unspecified atom stereocenters. The molecule has 0 aliphatic carbocycles. The van der Waals surface area contributed by atoms with Crippen molar-refractivity contribution in [3.8, 4) is 5.75 Å². The first kappa shape index (κ1) is 15.0. The number of hydrogen-bond acceptors (Lipinski definition) is 3. The second-order valence-electron chi connectivity index (χ2n) is 4.12. The lowest BCUT2D eigenvalue weighted by Crippen LogP contribution is -1.95. The number of thioether (sulfide) groups is 1. The summed E-state index contributed by atoms with van der Waals surface area (Å²) in [5.74, 6) is 0.874. The summed E-state index contributed by atoms with van der Waals surface area (Å²) >= 11 is 7.45. The molecule has 2 nitrogen and oxygen atoms in total. The van der Waals surface area contributed by atoms with E-state index in [1.807, 2.05) is 19.1 Å². The van der Waals surface area contributed by atoms with Crippen LogP contribution in [-0.2, 0) is 5.75 Å². The highest BCUT2D eigenvalue weighted by Gasteiger charge is 2.09. The van der Waals surface area contributed by atoms with E-state index in [0.29, 0.717) is 28.6 Å². The molecule has 106 valence electrons. The van der Waals surface area contributed by atoms with Gasteiger partial charge < -0.3 is 10.5 Å². The fourth-order valence-electron chi connectivity index (χ4n) is 1.72. The molecule has 0 spiro atoms. The number of anilines is 1.